The van der Waals surface area contributed by atoms with Gasteiger partial charge in [0, 0.05) is 13.0 Å². The van der Waals surface area contributed by atoms with E-state index in [2.05, 4.69) is 5.32 Å². The molecular formula is C6H14KNO. The number of carbonyl (C=O) groups is 1. The third-order valence-corrected chi connectivity index (χ3v) is 0.851. The van der Waals surface area contributed by atoms with Gasteiger partial charge in [0.1, 0.15) is 0 Å². The first-order chi connectivity index (χ1) is 3.81. The molecule has 50 valence electrons. The zero-order chi connectivity index (χ0) is 6.41. The maximum atomic E-state index is 10.5. The van der Waals surface area contributed by atoms with Crippen molar-refractivity contribution in [1.29, 1.82) is 0 Å². The second kappa shape index (κ2) is 9.11. The summed E-state index contributed by atoms with van der Waals surface area (Å²) in [6.45, 7) is 4.67. The maximum absolute atomic E-state index is 10.5. The summed E-state index contributed by atoms with van der Waals surface area (Å²) < 4.78 is 0. The summed E-state index contributed by atoms with van der Waals surface area (Å²) in [5.74, 6) is 0.162. The van der Waals surface area contributed by atoms with Crippen molar-refractivity contribution in [2.75, 3.05) is 6.54 Å². The third-order valence-electron chi connectivity index (χ3n) is 0.851. The van der Waals surface area contributed by atoms with Gasteiger partial charge in [0.05, 0.1) is 0 Å². The van der Waals surface area contributed by atoms with Crippen molar-refractivity contribution < 1.29 is 57.6 Å². The summed E-state index contributed by atoms with van der Waals surface area (Å²) in [7, 11) is 0. The van der Waals surface area contributed by atoms with E-state index in [0.29, 0.717) is 6.42 Å². The second-order valence-electron chi connectivity index (χ2n) is 1.70. The van der Waals surface area contributed by atoms with E-state index in [-0.39, 0.29) is 58.7 Å². The predicted molar refractivity (Wildman–Crippen MR) is 34.7 cm³/mol. The van der Waals surface area contributed by atoms with Crippen molar-refractivity contribution in [3.63, 3.8) is 0 Å². The molecule has 0 aromatic heterocycles. The molecule has 0 aromatic carbocycles. The fourth-order valence-corrected chi connectivity index (χ4v) is 0.513. The van der Waals surface area contributed by atoms with Crippen LogP contribution in [0.4, 0.5) is 0 Å². The SMILES string of the molecule is CCCC(=O)NCC.[H-].[K+]. The maximum Gasteiger partial charge on any atom is 1.00 e. The normalized spacial score (nSPS) is 7.78. The molecule has 2 nitrogen and oxygen atoms in total. The number of nitrogens with one attached hydrogen (secondary N) is 1. The fraction of sp³-hybridized carbons (Fsp3) is 0.833. The Labute approximate surface area is 101 Å². The van der Waals surface area contributed by atoms with E-state index < -0.39 is 0 Å². The number of hydrogen-bond donors (Lipinski definition) is 1. The molecule has 0 fully saturated rings. The zero-order valence-electron chi connectivity index (χ0n) is 7.53. The van der Waals surface area contributed by atoms with E-state index in [1.165, 1.54) is 0 Å². The number of amides is 1. The molecule has 0 aromatic rings. The third kappa shape index (κ3) is 9.11. The van der Waals surface area contributed by atoms with Crippen LogP contribution >= 0.6 is 0 Å². The average Bonchev–Trinajstić information content (AvgIpc) is 1.68. The Bertz CT molecular complexity index is 72.1. The van der Waals surface area contributed by atoms with Crippen LogP contribution in [-0.2, 0) is 4.79 Å². The Balaban J connectivity index is -0.000000245. The molecule has 9 heavy (non-hydrogen) atoms. The summed E-state index contributed by atoms with van der Waals surface area (Å²) >= 11 is 0. The van der Waals surface area contributed by atoms with Crippen LogP contribution in [0.5, 0.6) is 0 Å². The van der Waals surface area contributed by atoms with Gasteiger partial charge in [-0.05, 0) is 13.3 Å². The van der Waals surface area contributed by atoms with Gasteiger partial charge < -0.3 is 6.74 Å². The van der Waals surface area contributed by atoms with Crippen molar-refractivity contribution in [3.05, 3.63) is 0 Å². The van der Waals surface area contributed by atoms with Crippen LogP contribution in [0.2, 0.25) is 0 Å². The smallest absolute Gasteiger partial charge is 1.00 e. The molecular weight excluding hydrogens is 141 g/mol. The minimum atomic E-state index is 0. The average molecular weight is 155 g/mol. The van der Waals surface area contributed by atoms with E-state index in [1.54, 1.807) is 0 Å². The van der Waals surface area contributed by atoms with E-state index in [0.717, 1.165) is 13.0 Å². The largest absolute Gasteiger partial charge is 1.00 e. The standard InChI is InChI=1S/C6H13NO.K.H/c1-3-5-6(8)7-4-2;;/h3-5H2,1-2H3,(H,7,8);;/q;+1;-1. The Kier molecular flexibility index (Phi) is 12.9. The molecule has 0 aliphatic rings. The molecule has 0 radical (unpaired) electrons. The van der Waals surface area contributed by atoms with Crippen molar-refractivity contribution in [2.45, 2.75) is 26.7 Å². The van der Waals surface area contributed by atoms with Crippen LogP contribution in [0.15, 0.2) is 0 Å². The summed E-state index contributed by atoms with van der Waals surface area (Å²) in [5, 5.41) is 2.71. The first kappa shape index (κ1) is 12.8. The molecule has 0 atom stereocenters. The molecule has 0 rings (SSSR count). The Morgan fingerprint density at radius 2 is 2.11 bits per heavy atom. The number of rotatable bonds is 3. The molecule has 0 bridgehead atoms. The summed E-state index contributed by atoms with van der Waals surface area (Å²) in [6, 6.07) is 0. The number of carbonyl (C=O) groups excluding carboxylic acids is 1. The molecule has 0 aliphatic heterocycles. The first-order valence-corrected chi connectivity index (χ1v) is 3.08. The van der Waals surface area contributed by atoms with Gasteiger partial charge >= 0.3 is 51.4 Å². The van der Waals surface area contributed by atoms with Crippen LogP contribution in [-0.4, -0.2) is 12.5 Å². The van der Waals surface area contributed by atoms with Gasteiger partial charge in [0.25, 0.3) is 0 Å². The van der Waals surface area contributed by atoms with Gasteiger partial charge in [-0.1, -0.05) is 6.92 Å². The molecule has 0 saturated carbocycles. The minimum Gasteiger partial charge on any atom is -1.00 e. The minimum absolute atomic E-state index is 0. The molecule has 0 aliphatic carbocycles. The van der Waals surface area contributed by atoms with Crippen molar-refractivity contribution in [2.24, 2.45) is 0 Å². The van der Waals surface area contributed by atoms with Crippen molar-refractivity contribution in [1.82, 2.24) is 5.32 Å². The van der Waals surface area contributed by atoms with Crippen LogP contribution in [0.3, 0.4) is 0 Å². The molecule has 0 spiro atoms. The van der Waals surface area contributed by atoms with E-state index >= 15 is 0 Å². The van der Waals surface area contributed by atoms with E-state index in [4.69, 9.17) is 0 Å². The van der Waals surface area contributed by atoms with Crippen LogP contribution < -0.4 is 56.7 Å². The summed E-state index contributed by atoms with van der Waals surface area (Å²) in [5.41, 5.74) is 0. The fourth-order valence-electron chi connectivity index (χ4n) is 0.513. The topological polar surface area (TPSA) is 29.1 Å². The molecule has 1 amide bonds. The van der Waals surface area contributed by atoms with Gasteiger partial charge in [-0.15, -0.1) is 0 Å². The van der Waals surface area contributed by atoms with Gasteiger partial charge in [-0.3, -0.25) is 4.79 Å². The Hall–Kier alpha value is 1.11. The number of hydrogen-bond acceptors (Lipinski definition) is 1. The predicted octanol–water partition coefficient (Wildman–Crippen LogP) is -1.96. The van der Waals surface area contributed by atoms with Gasteiger partial charge in [0.2, 0.25) is 5.91 Å². The Morgan fingerprint density at radius 1 is 1.56 bits per heavy atom. The van der Waals surface area contributed by atoms with Crippen molar-refractivity contribution in [3.8, 4) is 0 Å². The summed E-state index contributed by atoms with van der Waals surface area (Å²) in [6.07, 6.45) is 1.60. The monoisotopic (exact) mass is 155 g/mol. The zero-order valence-corrected chi connectivity index (χ0v) is 9.65. The summed E-state index contributed by atoms with van der Waals surface area (Å²) in [4.78, 5) is 10.5. The van der Waals surface area contributed by atoms with Gasteiger partial charge in [0.15, 0.2) is 0 Å². The van der Waals surface area contributed by atoms with E-state index in [1.807, 2.05) is 13.8 Å². The molecule has 0 saturated heterocycles. The quantitative estimate of drug-likeness (QED) is 0.471. The molecule has 3 heteroatoms. The second-order valence-corrected chi connectivity index (χ2v) is 1.70. The van der Waals surface area contributed by atoms with Crippen molar-refractivity contribution >= 4 is 5.91 Å². The van der Waals surface area contributed by atoms with Crippen LogP contribution in [0.25, 0.3) is 0 Å². The van der Waals surface area contributed by atoms with Crippen LogP contribution in [0.1, 0.15) is 28.1 Å². The first-order valence-electron chi connectivity index (χ1n) is 3.08. The molecule has 1 N–H and O–H groups in total. The van der Waals surface area contributed by atoms with Gasteiger partial charge in [-0.2, -0.15) is 0 Å². The molecule has 0 unspecified atom stereocenters. The molecule has 0 heterocycles. The van der Waals surface area contributed by atoms with E-state index in [9.17, 15) is 4.79 Å². The van der Waals surface area contributed by atoms with Gasteiger partial charge in [-0.25, -0.2) is 0 Å². The Morgan fingerprint density at radius 3 is 2.44 bits per heavy atom. The van der Waals surface area contributed by atoms with Crippen LogP contribution in [0, 0.1) is 0 Å².